The molecule has 2 atom stereocenters. The summed E-state index contributed by atoms with van der Waals surface area (Å²) in [5, 5.41) is 2.90. The first-order valence-corrected chi connectivity index (χ1v) is 8.50. The topological polar surface area (TPSA) is 49.4 Å². The molecule has 2 aromatic rings. The molecule has 3 rings (SSSR count). The summed E-state index contributed by atoms with van der Waals surface area (Å²) in [6.07, 6.45) is 1.11. The summed E-state index contributed by atoms with van der Waals surface area (Å²) >= 11 is 0. The highest BCUT2D eigenvalue weighted by Gasteiger charge is 2.34. The minimum absolute atomic E-state index is 0.0717. The third-order valence-electron chi connectivity index (χ3n) is 4.69. The molecule has 2 aromatic carbocycles. The van der Waals surface area contributed by atoms with Crippen LogP contribution in [-0.4, -0.2) is 29.8 Å². The molecular formula is C20H20F2N2O2. The van der Waals surface area contributed by atoms with E-state index >= 15 is 0 Å². The molecule has 0 unspecified atom stereocenters. The molecule has 1 aliphatic heterocycles. The second-order valence-corrected chi connectivity index (χ2v) is 6.51. The molecular weight excluding hydrogens is 338 g/mol. The van der Waals surface area contributed by atoms with Crippen molar-refractivity contribution in [3.8, 4) is 0 Å². The summed E-state index contributed by atoms with van der Waals surface area (Å²) in [4.78, 5) is 25.8. The molecule has 1 saturated heterocycles. The van der Waals surface area contributed by atoms with E-state index < -0.39 is 17.9 Å². The lowest BCUT2D eigenvalue weighted by atomic mass is 9.98. The zero-order valence-electron chi connectivity index (χ0n) is 14.4. The van der Waals surface area contributed by atoms with Crippen LogP contribution in [0.2, 0.25) is 0 Å². The highest BCUT2D eigenvalue weighted by atomic mass is 19.1. The molecule has 1 aliphatic rings. The van der Waals surface area contributed by atoms with Crippen LogP contribution in [0, 0.1) is 11.6 Å². The largest absolute Gasteiger partial charge is 0.347 e. The Kier molecular flexibility index (Phi) is 5.30. The molecule has 4 nitrogen and oxygen atoms in total. The fourth-order valence-electron chi connectivity index (χ4n) is 3.25. The van der Waals surface area contributed by atoms with Crippen LogP contribution in [0.25, 0.3) is 0 Å². The van der Waals surface area contributed by atoms with Gasteiger partial charge in [-0.25, -0.2) is 8.78 Å². The van der Waals surface area contributed by atoms with Gasteiger partial charge in [-0.15, -0.1) is 0 Å². The van der Waals surface area contributed by atoms with Gasteiger partial charge in [-0.05, 0) is 48.2 Å². The van der Waals surface area contributed by atoms with Crippen LogP contribution in [0.15, 0.2) is 48.5 Å². The Balaban J connectivity index is 1.83. The second-order valence-electron chi connectivity index (χ2n) is 6.51. The van der Waals surface area contributed by atoms with E-state index in [1.54, 1.807) is 31.3 Å². The number of likely N-dealkylation sites (N-methyl/N-ethyl adjacent to an activating group) is 1. The molecule has 0 aliphatic carbocycles. The van der Waals surface area contributed by atoms with Crippen molar-refractivity contribution >= 4 is 11.8 Å². The minimum atomic E-state index is -0.536. The average Bonchev–Trinajstić information content (AvgIpc) is 2.93. The van der Waals surface area contributed by atoms with E-state index in [-0.39, 0.29) is 17.6 Å². The quantitative estimate of drug-likeness (QED) is 0.893. The number of hydrogen-bond acceptors (Lipinski definition) is 2. The molecule has 0 aromatic heterocycles. The number of nitrogens with one attached hydrogen (secondary N) is 1. The lowest BCUT2D eigenvalue weighted by molar-refractivity contribution is -0.134. The number of amides is 2. The van der Waals surface area contributed by atoms with Crippen LogP contribution < -0.4 is 5.32 Å². The lowest BCUT2D eigenvalue weighted by Crippen LogP contribution is -2.44. The van der Waals surface area contributed by atoms with Gasteiger partial charge in [-0.3, -0.25) is 9.59 Å². The average molecular weight is 358 g/mol. The van der Waals surface area contributed by atoms with Crippen molar-refractivity contribution in [2.45, 2.75) is 31.3 Å². The lowest BCUT2D eigenvalue weighted by Gasteiger charge is -2.24. The molecule has 0 radical (unpaired) electrons. The van der Waals surface area contributed by atoms with Crippen LogP contribution in [-0.2, 0) is 16.0 Å². The molecule has 6 heteroatoms. The van der Waals surface area contributed by atoms with Crippen molar-refractivity contribution < 1.29 is 18.4 Å². The second kappa shape index (κ2) is 7.64. The highest BCUT2D eigenvalue weighted by molar-refractivity contribution is 5.90. The van der Waals surface area contributed by atoms with Crippen LogP contribution >= 0.6 is 0 Å². The standard InChI is InChI=1S/C20H20F2N2O2/c1-24-18(8-9-19(24)25)20(26)23-17(14-5-3-7-16(22)12-14)11-13-4-2-6-15(21)10-13/h2-7,10,12,17-18H,8-9,11H2,1H3,(H,23,26)/t17-,18+/m0/s1. The molecule has 1 N–H and O–H groups in total. The van der Waals surface area contributed by atoms with E-state index in [4.69, 9.17) is 0 Å². The number of nitrogens with zero attached hydrogens (tertiary/aromatic N) is 1. The summed E-state index contributed by atoms with van der Waals surface area (Å²) in [5.41, 5.74) is 1.28. The fourth-order valence-corrected chi connectivity index (χ4v) is 3.25. The van der Waals surface area contributed by atoms with Gasteiger partial charge in [0.1, 0.15) is 17.7 Å². The zero-order chi connectivity index (χ0) is 18.7. The minimum Gasteiger partial charge on any atom is -0.347 e. The SMILES string of the molecule is CN1C(=O)CC[C@@H]1C(=O)N[C@@H](Cc1cccc(F)c1)c1cccc(F)c1. The van der Waals surface area contributed by atoms with Gasteiger partial charge >= 0.3 is 0 Å². The van der Waals surface area contributed by atoms with Crippen molar-refractivity contribution in [3.63, 3.8) is 0 Å². The molecule has 0 bridgehead atoms. The van der Waals surface area contributed by atoms with Crippen molar-refractivity contribution in [3.05, 3.63) is 71.3 Å². The maximum absolute atomic E-state index is 13.7. The first-order valence-electron chi connectivity index (χ1n) is 8.50. The van der Waals surface area contributed by atoms with Crippen LogP contribution in [0.3, 0.4) is 0 Å². The van der Waals surface area contributed by atoms with Gasteiger partial charge in [0.25, 0.3) is 0 Å². The number of carbonyl (C=O) groups is 2. The van der Waals surface area contributed by atoms with E-state index in [1.807, 2.05) is 0 Å². The molecule has 1 fully saturated rings. The highest BCUT2D eigenvalue weighted by Crippen LogP contribution is 2.22. The van der Waals surface area contributed by atoms with Gasteiger partial charge in [0.15, 0.2) is 0 Å². The van der Waals surface area contributed by atoms with E-state index in [0.717, 1.165) is 0 Å². The van der Waals surface area contributed by atoms with Crippen LogP contribution in [0.1, 0.15) is 30.0 Å². The molecule has 1 heterocycles. The number of carbonyl (C=O) groups excluding carboxylic acids is 2. The van der Waals surface area contributed by atoms with Gasteiger partial charge in [-0.1, -0.05) is 24.3 Å². The first kappa shape index (κ1) is 18.0. The maximum atomic E-state index is 13.7. The van der Waals surface area contributed by atoms with Gasteiger partial charge in [-0.2, -0.15) is 0 Å². The summed E-state index contributed by atoms with van der Waals surface area (Å²) in [7, 11) is 1.60. The van der Waals surface area contributed by atoms with E-state index in [0.29, 0.717) is 30.4 Å². The summed E-state index contributed by atoms with van der Waals surface area (Å²) in [6.45, 7) is 0. The van der Waals surface area contributed by atoms with Gasteiger partial charge in [0.05, 0.1) is 6.04 Å². The Morgan fingerprint density at radius 1 is 1.19 bits per heavy atom. The normalized spacial score (nSPS) is 18.0. The van der Waals surface area contributed by atoms with Crippen molar-refractivity contribution in [1.82, 2.24) is 10.2 Å². The fraction of sp³-hybridized carbons (Fsp3) is 0.300. The number of benzene rings is 2. The number of halogens is 2. The Morgan fingerprint density at radius 3 is 2.50 bits per heavy atom. The molecule has 136 valence electrons. The van der Waals surface area contributed by atoms with Gasteiger partial charge in [0.2, 0.25) is 11.8 Å². The predicted octanol–water partition coefficient (Wildman–Crippen LogP) is 2.99. The van der Waals surface area contributed by atoms with E-state index in [2.05, 4.69) is 5.32 Å². The van der Waals surface area contributed by atoms with E-state index in [9.17, 15) is 18.4 Å². The third kappa shape index (κ3) is 4.07. The number of rotatable bonds is 5. The Labute approximate surface area is 150 Å². The monoisotopic (exact) mass is 358 g/mol. The van der Waals surface area contributed by atoms with Gasteiger partial charge in [0, 0.05) is 13.5 Å². The van der Waals surface area contributed by atoms with E-state index in [1.165, 1.54) is 29.2 Å². The zero-order valence-corrected chi connectivity index (χ0v) is 14.4. The van der Waals surface area contributed by atoms with Crippen LogP contribution in [0.4, 0.5) is 8.78 Å². The number of likely N-dealkylation sites (tertiary alicyclic amines) is 1. The van der Waals surface area contributed by atoms with Crippen LogP contribution in [0.5, 0.6) is 0 Å². The van der Waals surface area contributed by atoms with Crippen molar-refractivity contribution in [1.29, 1.82) is 0 Å². The Morgan fingerprint density at radius 2 is 1.88 bits per heavy atom. The number of hydrogen-bond donors (Lipinski definition) is 1. The maximum Gasteiger partial charge on any atom is 0.243 e. The predicted molar refractivity (Wildman–Crippen MR) is 93.2 cm³/mol. The molecule has 0 saturated carbocycles. The summed E-state index contributed by atoms with van der Waals surface area (Å²) in [6, 6.07) is 11.0. The molecule has 2 amide bonds. The van der Waals surface area contributed by atoms with Gasteiger partial charge < -0.3 is 10.2 Å². The molecule has 26 heavy (non-hydrogen) atoms. The molecule has 0 spiro atoms. The summed E-state index contributed by atoms with van der Waals surface area (Å²) < 4.78 is 27.2. The van der Waals surface area contributed by atoms with Crippen molar-refractivity contribution in [2.75, 3.05) is 7.05 Å². The Bertz CT molecular complexity index is 825. The van der Waals surface area contributed by atoms with Crippen molar-refractivity contribution in [2.24, 2.45) is 0 Å². The smallest absolute Gasteiger partial charge is 0.243 e. The third-order valence-corrected chi connectivity index (χ3v) is 4.69. The summed E-state index contributed by atoms with van der Waals surface area (Å²) in [5.74, 6) is -1.14. The Hall–Kier alpha value is -2.76. The first-order chi connectivity index (χ1) is 12.4.